The van der Waals surface area contributed by atoms with E-state index in [0.29, 0.717) is 6.54 Å². The van der Waals surface area contributed by atoms with Gasteiger partial charge in [0.1, 0.15) is 5.56 Å². The van der Waals surface area contributed by atoms with Gasteiger partial charge in [-0.1, -0.05) is 0 Å². The summed E-state index contributed by atoms with van der Waals surface area (Å²) in [5.74, 6) is 0.474. The number of pyridine rings is 2. The standard InChI is InChI=1S/C17H20N4O2/c1-11-9-14(22)13(10-19-11)17(23)21-8-4-5-12-6-7-18-16(15(12)21)20(2)3/h6-7,9-10H,4-5,8H2,1-3H3,(H,19,22). The van der Waals surface area contributed by atoms with E-state index in [2.05, 4.69) is 9.97 Å². The summed E-state index contributed by atoms with van der Waals surface area (Å²) < 4.78 is 0. The molecule has 2 aromatic rings. The number of aryl methyl sites for hydroxylation is 2. The maximum Gasteiger partial charge on any atom is 0.263 e. The Bertz CT molecular complexity index is 810. The van der Waals surface area contributed by atoms with Crippen molar-refractivity contribution in [2.24, 2.45) is 0 Å². The van der Waals surface area contributed by atoms with Gasteiger partial charge in [0.2, 0.25) is 0 Å². The Morgan fingerprint density at radius 2 is 2.17 bits per heavy atom. The number of amides is 1. The summed E-state index contributed by atoms with van der Waals surface area (Å²) in [4.78, 5) is 36.0. The monoisotopic (exact) mass is 312 g/mol. The third-order valence-electron chi connectivity index (χ3n) is 4.04. The highest BCUT2D eigenvalue weighted by Gasteiger charge is 2.28. The quantitative estimate of drug-likeness (QED) is 0.917. The molecule has 0 aromatic carbocycles. The van der Waals surface area contributed by atoms with Crippen LogP contribution in [0.2, 0.25) is 0 Å². The van der Waals surface area contributed by atoms with Gasteiger partial charge in [-0.2, -0.15) is 0 Å². The maximum atomic E-state index is 12.9. The van der Waals surface area contributed by atoms with Crippen LogP contribution in [0.5, 0.6) is 0 Å². The van der Waals surface area contributed by atoms with Gasteiger partial charge in [-0.05, 0) is 31.4 Å². The number of hydrogen-bond donors (Lipinski definition) is 1. The first-order valence-corrected chi connectivity index (χ1v) is 7.65. The number of nitrogens with one attached hydrogen (secondary N) is 1. The van der Waals surface area contributed by atoms with E-state index >= 15 is 0 Å². The lowest BCUT2D eigenvalue weighted by Gasteiger charge is -2.32. The van der Waals surface area contributed by atoms with Gasteiger partial charge in [0.15, 0.2) is 11.2 Å². The predicted octanol–water partition coefficient (Wildman–Crippen LogP) is 1.74. The molecule has 6 nitrogen and oxygen atoms in total. The zero-order valence-corrected chi connectivity index (χ0v) is 13.6. The van der Waals surface area contributed by atoms with E-state index in [9.17, 15) is 9.59 Å². The summed E-state index contributed by atoms with van der Waals surface area (Å²) in [5, 5.41) is 0. The molecular formula is C17H20N4O2. The minimum atomic E-state index is -0.275. The van der Waals surface area contributed by atoms with Crippen LogP contribution in [0.25, 0.3) is 0 Å². The van der Waals surface area contributed by atoms with E-state index in [1.165, 1.54) is 12.3 Å². The molecule has 0 fully saturated rings. The molecule has 0 saturated heterocycles. The number of nitrogens with zero attached hydrogens (tertiary/aromatic N) is 3. The number of anilines is 2. The Morgan fingerprint density at radius 1 is 1.39 bits per heavy atom. The SMILES string of the molecule is Cc1cc(=O)c(C(=O)N2CCCc3ccnc(N(C)C)c32)c[nH]1. The molecule has 1 amide bonds. The molecule has 0 saturated carbocycles. The van der Waals surface area contributed by atoms with E-state index in [1.807, 2.05) is 25.1 Å². The van der Waals surface area contributed by atoms with Crippen molar-refractivity contribution >= 4 is 17.4 Å². The molecule has 3 heterocycles. The fourth-order valence-corrected chi connectivity index (χ4v) is 2.93. The van der Waals surface area contributed by atoms with Crippen molar-refractivity contribution in [1.29, 1.82) is 0 Å². The zero-order valence-electron chi connectivity index (χ0n) is 13.6. The van der Waals surface area contributed by atoms with Crippen molar-refractivity contribution in [1.82, 2.24) is 9.97 Å². The highest BCUT2D eigenvalue weighted by atomic mass is 16.2. The molecule has 3 rings (SSSR count). The molecule has 120 valence electrons. The second-order valence-electron chi connectivity index (χ2n) is 5.99. The fourth-order valence-electron chi connectivity index (χ4n) is 2.93. The number of aromatic nitrogens is 2. The van der Waals surface area contributed by atoms with Gasteiger partial charge in [0, 0.05) is 44.8 Å². The summed E-state index contributed by atoms with van der Waals surface area (Å²) in [6.45, 7) is 2.38. The van der Waals surface area contributed by atoms with Crippen LogP contribution in [-0.2, 0) is 6.42 Å². The van der Waals surface area contributed by atoms with Crippen LogP contribution in [0.1, 0.15) is 28.0 Å². The van der Waals surface area contributed by atoms with Gasteiger partial charge in [-0.25, -0.2) is 4.98 Å². The fraction of sp³-hybridized carbons (Fsp3) is 0.353. The van der Waals surface area contributed by atoms with Gasteiger partial charge in [0.25, 0.3) is 5.91 Å². The number of carbonyl (C=O) groups is 1. The molecule has 0 atom stereocenters. The first-order valence-electron chi connectivity index (χ1n) is 7.65. The van der Waals surface area contributed by atoms with E-state index in [0.717, 1.165) is 35.6 Å². The van der Waals surface area contributed by atoms with E-state index < -0.39 is 0 Å². The maximum absolute atomic E-state index is 12.9. The normalized spacial score (nSPS) is 13.6. The van der Waals surface area contributed by atoms with Gasteiger partial charge < -0.3 is 14.8 Å². The van der Waals surface area contributed by atoms with Crippen molar-refractivity contribution in [3.63, 3.8) is 0 Å². The Balaban J connectivity index is 2.09. The molecule has 0 unspecified atom stereocenters. The highest BCUT2D eigenvalue weighted by molar-refractivity contribution is 6.08. The summed E-state index contributed by atoms with van der Waals surface area (Å²) in [6, 6.07) is 3.40. The molecule has 0 aliphatic carbocycles. The average molecular weight is 312 g/mol. The Morgan fingerprint density at radius 3 is 2.87 bits per heavy atom. The largest absolute Gasteiger partial charge is 0.364 e. The van der Waals surface area contributed by atoms with Crippen LogP contribution in [-0.4, -0.2) is 36.5 Å². The second kappa shape index (κ2) is 5.87. The van der Waals surface area contributed by atoms with Gasteiger partial charge in [0.05, 0.1) is 5.69 Å². The number of hydrogen-bond acceptors (Lipinski definition) is 4. The van der Waals surface area contributed by atoms with Gasteiger partial charge in [-0.15, -0.1) is 0 Å². The molecular weight excluding hydrogens is 292 g/mol. The number of aromatic amines is 1. The molecule has 0 radical (unpaired) electrons. The first-order chi connectivity index (χ1) is 11.0. The van der Waals surface area contributed by atoms with Gasteiger partial charge >= 0.3 is 0 Å². The van der Waals surface area contributed by atoms with Crippen LogP contribution in [0.4, 0.5) is 11.5 Å². The minimum absolute atomic E-state index is 0.164. The second-order valence-corrected chi connectivity index (χ2v) is 5.99. The molecule has 1 aliphatic rings. The molecule has 6 heteroatoms. The summed E-state index contributed by atoms with van der Waals surface area (Å²) in [6.07, 6.45) is 5.05. The summed E-state index contributed by atoms with van der Waals surface area (Å²) in [7, 11) is 3.80. The van der Waals surface area contributed by atoms with Crippen LogP contribution >= 0.6 is 0 Å². The van der Waals surface area contributed by atoms with Crippen LogP contribution in [0, 0.1) is 6.92 Å². The number of H-pyrrole nitrogens is 1. The summed E-state index contributed by atoms with van der Waals surface area (Å²) in [5.41, 5.74) is 2.55. The van der Waals surface area contributed by atoms with E-state index in [1.54, 1.807) is 18.0 Å². The first kappa shape index (κ1) is 15.3. The summed E-state index contributed by atoms with van der Waals surface area (Å²) >= 11 is 0. The molecule has 1 aliphatic heterocycles. The lowest BCUT2D eigenvalue weighted by molar-refractivity contribution is 0.0983. The zero-order chi connectivity index (χ0) is 16.6. The third-order valence-corrected chi connectivity index (χ3v) is 4.04. The molecule has 23 heavy (non-hydrogen) atoms. The van der Waals surface area contributed by atoms with E-state index in [-0.39, 0.29) is 16.9 Å². The molecule has 1 N–H and O–H groups in total. The van der Waals surface area contributed by atoms with Crippen LogP contribution in [0.3, 0.4) is 0 Å². The number of carbonyl (C=O) groups excluding carboxylic acids is 1. The molecule has 0 bridgehead atoms. The van der Waals surface area contributed by atoms with Crippen molar-refractivity contribution in [2.45, 2.75) is 19.8 Å². The number of fused-ring (bicyclic) bond motifs is 1. The topological polar surface area (TPSA) is 69.3 Å². The van der Waals surface area contributed by atoms with Crippen LogP contribution < -0.4 is 15.2 Å². The third kappa shape index (κ3) is 2.72. The lowest BCUT2D eigenvalue weighted by atomic mass is 10.0. The lowest BCUT2D eigenvalue weighted by Crippen LogP contribution is -2.39. The van der Waals surface area contributed by atoms with Crippen molar-refractivity contribution in [3.05, 3.63) is 51.6 Å². The Labute approximate surface area is 134 Å². The van der Waals surface area contributed by atoms with Crippen molar-refractivity contribution < 1.29 is 4.79 Å². The highest BCUT2D eigenvalue weighted by Crippen LogP contribution is 2.34. The number of rotatable bonds is 2. The predicted molar refractivity (Wildman–Crippen MR) is 90.4 cm³/mol. The van der Waals surface area contributed by atoms with Crippen molar-refractivity contribution in [2.75, 3.05) is 30.4 Å². The van der Waals surface area contributed by atoms with E-state index in [4.69, 9.17) is 0 Å². The average Bonchev–Trinajstić information content (AvgIpc) is 2.53. The van der Waals surface area contributed by atoms with Crippen LogP contribution in [0.15, 0.2) is 29.3 Å². The minimum Gasteiger partial charge on any atom is -0.364 e. The Kier molecular flexibility index (Phi) is 3.90. The van der Waals surface area contributed by atoms with Crippen molar-refractivity contribution in [3.8, 4) is 0 Å². The molecule has 2 aromatic heterocycles. The molecule has 0 spiro atoms. The van der Waals surface area contributed by atoms with Gasteiger partial charge in [-0.3, -0.25) is 9.59 Å². The smallest absolute Gasteiger partial charge is 0.263 e. The Hall–Kier alpha value is -2.63.